The lowest BCUT2D eigenvalue weighted by Crippen LogP contribution is -2.35. The molecule has 0 spiro atoms. The lowest BCUT2D eigenvalue weighted by molar-refractivity contribution is -0.117. The van der Waals surface area contributed by atoms with Gasteiger partial charge in [0.1, 0.15) is 5.82 Å². The van der Waals surface area contributed by atoms with E-state index in [2.05, 4.69) is 10.3 Å². The Kier molecular flexibility index (Phi) is 5.54. The maximum absolute atomic E-state index is 11.8. The molecule has 0 aliphatic carbocycles. The minimum absolute atomic E-state index is 0.273. The molecule has 2 aromatic rings. The van der Waals surface area contributed by atoms with Gasteiger partial charge in [-0.2, -0.15) is 4.98 Å². The molecule has 1 heterocycles. The fraction of sp³-hybridized carbons (Fsp3) is 0.294. The van der Waals surface area contributed by atoms with Crippen molar-refractivity contribution in [3.63, 3.8) is 0 Å². The molecule has 0 fully saturated rings. The number of methoxy groups -OCH3 is 1. The summed E-state index contributed by atoms with van der Waals surface area (Å²) >= 11 is 0. The number of carbonyl (C=O) groups is 1. The summed E-state index contributed by atoms with van der Waals surface area (Å²) in [5, 5.41) is 2.67. The Morgan fingerprint density at radius 1 is 1.30 bits per heavy atom. The second-order valence-electron chi connectivity index (χ2n) is 5.07. The first kappa shape index (κ1) is 16.8. The van der Waals surface area contributed by atoms with Gasteiger partial charge in [-0.05, 0) is 31.0 Å². The summed E-state index contributed by atoms with van der Waals surface area (Å²) in [6, 6.07) is 10.2. The van der Waals surface area contributed by atoms with Gasteiger partial charge in [-0.25, -0.2) is 0 Å². The van der Waals surface area contributed by atoms with E-state index >= 15 is 0 Å². The van der Waals surface area contributed by atoms with E-state index in [0.717, 1.165) is 5.56 Å². The molecule has 122 valence electrons. The van der Waals surface area contributed by atoms with Crippen molar-refractivity contribution >= 4 is 11.7 Å². The van der Waals surface area contributed by atoms with Crippen LogP contribution in [0.15, 0.2) is 36.4 Å². The molecule has 1 aromatic heterocycles. The summed E-state index contributed by atoms with van der Waals surface area (Å²) in [6.45, 7) is 3.78. The minimum atomic E-state index is -0.557. The number of pyridine rings is 1. The van der Waals surface area contributed by atoms with Crippen molar-refractivity contribution in [2.24, 2.45) is 5.73 Å². The fourth-order valence-electron chi connectivity index (χ4n) is 2.03. The molecule has 0 saturated heterocycles. The molecule has 2 rings (SSSR count). The molecule has 23 heavy (non-hydrogen) atoms. The van der Waals surface area contributed by atoms with E-state index in [1.807, 2.05) is 26.0 Å². The van der Waals surface area contributed by atoms with Crippen molar-refractivity contribution in [2.75, 3.05) is 12.4 Å². The normalized spacial score (nSPS) is 11.7. The van der Waals surface area contributed by atoms with Crippen molar-refractivity contribution in [1.29, 1.82) is 0 Å². The zero-order chi connectivity index (χ0) is 16.8. The molecule has 0 unspecified atom stereocenters. The highest BCUT2D eigenvalue weighted by Gasteiger charge is 2.13. The first-order chi connectivity index (χ1) is 11.0. The van der Waals surface area contributed by atoms with Crippen LogP contribution in [0.2, 0.25) is 0 Å². The second-order valence-corrected chi connectivity index (χ2v) is 5.07. The van der Waals surface area contributed by atoms with Crippen molar-refractivity contribution in [1.82, 2.24) is 4.98 Å². The van der Waals surface area contributed by atoms with E-state index < -0.39 is 6.04 Å². The third-order valence-corrected chi connectivity index (χ3v) is 3.35. The number of benzene rings is 1. The smallest absolute Gasteiger partial charge is 0.242 e. The molecule has 1 amide bonds. The number of aromatic nitrogens is 1. The minimum Gasteiger partial charge on any atom is -0.493 e. The number of nitrogens with zero attached hydrogens (tertiary/aromatic N) is 1. The average molecular weight is 315 g/mol. The van der Waals surface area contributed by atoms with Gasteiger partial charge in [0.15, 0.2) is 11.5 Å². The van der Waals surface area contributed by atoms with Gasteiger partial charge < -0.3 is 20.5 Å². The van der Waals surface area contributed by atoms with E-state index in [4.69, 9.17) is 15.2 Å². The fourth-order valence-corrected chi connectivity index (χ4v) is 2.03. The number of anilines is 1. The molecule has 6 heteroatoms. The first-order valence-electron chi connectivity index (χ1n) is 7.40. The highest BCUT2D eigenvalue weighted by molar-refractivity contribution is 5.93. The number of nitrogens with two attached hydrogens (primary N) is 1. The van der Waals surface area contributed by atoms with Crippen molar-refractivity contribution in [3.05, 3.63) is 42.0 Å². The third-order valence-electron chi connectivity index (χ3n) is 3.35. The summed E-state index contributed by atoms with van der Waals surface area (Å²) in [5.74, 6) is 1.69. The third kappa shape index (κ3) is 4.20. The lowest BCUT2D eigenvalue weighted by Gasteiger charge is -2.13. The number of rotatable bonds is 6. The second kappa shape index (κ2) is 7.60. The molecular formula is C17H21N3O3. The Morgan fingerprint density at radius 3 is 2.74 bits per heavy atom. The molecule has 0 bridgehead atoms. The molecule has 3 N–H and O–H groups in total. The predicted molar refractivity (Wildman–Crippen MR) is 88.9 cm³/mol. The van der Waals surface area contributed by atoms with Crippen molar-refractivity contribution < 1.29 is 14.3 Å². The van der Waals surface area contributed by atoms with Crippen LogP contribution in [-0.2, 0) is 4.79 Å². The zero-order valence-electron chi connectivity index (χ0n) is 13.5. The topological polar surface area (TPSA) is 86.5 Å². The molecular weight excluding hydrogens is 294 g/mol. The van der Waals surface area contributed by atoms with Gasteiger partial charge in [0.25, 0.3) is 0 Å². The first-order valence-corrected chi connectivity index (χ1v) is 7.40. The van der Waals surface area contributed by atoms with E-state index in [1.165, 1.54) is 0 Å². The highest BCUT2D eigenvalue weighted by Crippen LogP contribution is 2.33. The Bertz CT molecular complexity index is 689. The van der Waals surface area contributed by atoms with Crippen LogP contribution in [0.4, 0.5) is 5.82 Å². The SMILES string of the molecule is CC[C@@H](N)C(=O)Nc1cccc(Oc2cccc(C)c2OC)n1. The molecule has 0 saturated carbocycles. The maximum atomic E-state index is 11.8. The van der Waals surface area contributed by atoms with Gasteiger partial charge in [0.05, 0.1) is 13.2 Å². The highest BCUT2D eigenvalue weighted by atomic mass is 16.5. The summed E-state index contributed by atoms with van der Waals surface area (Å²) in [4.78, 5) is 16.1. The Labute approximate surface area is 135 Å². The van der Waals surface area contributed by atoms with Gasteiger partial charge in [0, 0.05) is 6.07 Å². The molecule has 0 aliphatic rings. The summed E-state index contributed by atoms with van der Waals surface area (Å²) in [7, 11) is 1.59. The van der Waals surface area contributed by atoms with Gasteiger partial charge in [0.2, 0.25) is 11.8 Å². The van der Waals surface area contributed by atoms with E-state index in [1.54, 1.807) is 31.4 Å². The van der Waals surface area contributed by atoms with E-state index in [-0.39, 0.29) is 5.91 Å². The van der Waals surface area contributed by atoms with E-state index in [0.29, 0.717) is 29.6 Å². The number of carbonyl (C=O) groups excluding carboxylic acids is 1. The summed E-state index contributed by atoms with van der Waals surface area (Å²) in [6.07, 6.45) is 0.558. The molecule has 0 radical (unpaired) electrons. The van der Waals surface area contributed by atoms with Crippen LogP contribution in [0.1, 0.15) is 18.9 Å². The lowest BCUT2D eigenvalue weighted by atomic mass is 10.2. The van der Waals surface area contributed by atoms with Crippen LogP contribution >= 0.6 is 0 Å². The van der Waals surface area contributed by atoms with Crippen LogP contribution in [0.5, 0.6) is 17.4 Å². The quantitative estimate of drug-likeness (QED) is 0.856. The molecule has 0 aliphatic heterocycles. The Morgan fingerprint density at radius 2 is 2.04 bits per heavy atom. The predicted octanol–water partition coefficient (Wildman–Crippen LogP) is 2.87. The number of hydrogen-bond donors (Lipinski definition) is 2. The molecule has 1 atom stereocenters. The van der Waals surface area contributed by atoms with Gasteiger partial charge in [-0.3, -0.25) is 4.79 Å². The molecule has 1 aromatic carbocycles. The van der Waals surface area contributed by atoms with Gasteiger partial charge >= 0.3 is 0 Å². The molecule has 6 nitrogen and oxygen atoms in total. The van der Waals surface area contributed by atoms with Crippen LogP contribution in [-0.4, -0.2) is 24.0 Å². The number of aryl methyl sites for hydroxylation is 1. The van der Waals surface area contributed by atoms with Crippen molar-refractivity contribution in [2.45, 2.75) is 26.3 Å². The monoisotopic (exact) mass is 315 g/mol. The average Bonchev–Trinajstić information content (AvgIpc) is 2.54. The van der Waals surface area contributed by atoms with E-state index in [9.17, 15) is 4.79 Å². The standard InChI is InChI=1S/C17H21N3O3/c1-4-12(18)17(21)20-14-9-6-10-15(19-14)23-13-8-5-7-11(2)16(13)22-3/h5-10,12H,4,18H2,1-3H3,(H,19,20,21)/t12-/m1/s1. The number of para-hydroxylation sites is 1. The van der Waals surface area contributed by atoms with Crippen LogP contribution in [0, 0.1) is 6.92 Å². The largest absolute Gasteiger partial charge is 0.493 e. The maximum Gasteiger partial charge on any atom is 0.242 e. The summed E-state index contributed by atoms with van der Waals surface area (Å²) in [5.41, 5.74) is 6.65. The van der Waals surface area contributed by atoms with Gasteiger partial charge in [-0.15, -0.1) is 0 Å². The zero-order valence-corrected chi connectivity index (χ0v) is 13.5. The number of ether oxygens (including phenoxy) is 2. The summed E-state index contributed by atoms with van der Waals surface area (Å²) < 4.78 is 11.1. The van der Waals surface area contributed by atoms with Crippen LogP contribution in [0.25, 0.3) is 0 Å². The number of amides is 1. The van der Waals surface area contributed by atoms with Crippen LogP contribution < -0.4 is 20.5 Å². The number of hydrogen-bond acceptors (Lipinski definition) is 5. The Hall–Kier alpha value is -2.60. The van der Waals surface area contributed by atoms with Gasteiger partial charge in [-0.1, -0.05) is 25.1 Å². The number of nitrogens with one attached hydrogen (secondary N) is 1. The van der Waals surface area contributed by atoms with Crippen LogP contribution in [0.3, 0.4) is 0 Å². The Balaban J connectivity index is 2.18. The van der Waals surface area contributed by atoms with Crippen molar-refractivity contribution in [3.8, 4) is 17.4 Å².